The zero-order chi connectivity index (χ0) is 20.2. The van der Waals surface area contributed by atoms with Gasteiger partial charge in [0, 0.05) is 16.8 Å². The van der Waals surface area contributed by atoms with Gasteiger partial charge in [0.2, 0.25) is 5.13 Å². The third-order valence-corrected chi connectivity index (χ3v) is 5.54. The predicted molar refractivity (Wildman–Crippen MR) is 115 cm³/mol. The van der Waals surface area contributed by atoms with Gasteiger partial charge in [-0.3, -0.25) is 14.8 Å². The molecule has 0 atom stereocenters. The Morgan fingerprint density at radius 1 is 1.10 bits per heavy atom. The van der Waals surface area contributed by atoms with Crippen LogP contribution in [0.5, 0.6) is 0 Å². The molecule has 146 valence electrons. The smallest absolute Gasteiger partial charge is 0.261 e. The summed E-state index contributed by atoms with van der Waals surface area (Å²) in [4.78, 5) is 13.0. The van der Waals surface area contributed by atoms with Crippen molar-refractivity contribution in [2.24, 2.45) is 0 Å². The summed E-state index contributed by atoms with van der Waals surface area (Å²) in [6.45, 7) is 2.56. The second-order valence-electron chi connectivity index (χ2n) is 6.39. The van der Waals surface area contributed by atoms with Crippen LogP contribution in [0.15, 0.2) is 60.8 Å². The highest BCUT2D eigenvalue weighted by Gasteiger charge is 2.19. The van der Waals surface area contributed by atoms with Crippen molar-refractivity contribution in [3.63, 3.8) is 0 Å². The molecule has 2 heterocycles. The molecule has 0 spiro atoms. The number of carbonyl (C=O) groups excluding carboxylic acids is 1. The molecule has 4 aromatic rings. The standard InChI is InChI=1S/C21H18ClN5OS/c1-2-18-24-25-21(29-18)23-20(28)17-13-27(12-14-6-4-3-5-7-14)26-19(17)15-8-10-16(22)11-9-15/h3-11,13H,2,12H2,1H3,(H,23,25,28). The van der Waals surface area contributed by atoms with E-state index in [-0.39, 0.29) is 5.91 Å². The average Bonchev–Trinajstić information content (AvgIpc) is 3.36. The maximum absolute atomic E-state index is 13.0. The van der Waals surface area contributed by atoms with Crippen LogP contribution in [-0.2, 0) is 13.0 Å². The van der Waals surface area contributed by atoms with Crippen molar-refractivity contribution in [1.82, 2.24) is 20.0 Å². The number of benzene rings is 2. The summed E-state index contributed by atoms with van der Waals surface area (Å²) in [7, 11) is 0. The fourth-order valence-corrected chi connectivity index (χ4v) is 3.67. The van der Waals surface area contributed by atoms with Crippen molar-refractivity contribution in [3.8, 4) is 11.3 Å². The minimum atomic E-state index is -0.270. The van der Waals surface area contributed by atoms with Gasteiger partial charge < -0.3 is 0 Å². The maximum atomic E-state index is 13.0. The van der Waals surface area contributed by atoms with E-state index in [0.29, 0.717) is 28.0 Å². The van der Waals surface area contributed by atoms with E-state index in [1.165, 1.54) is 11.3 Å². The van der Waals surface area contributed by atoms with Gasteiger partial charge in [-0.15, -0.1) is 10.2 Å². The van der Waals surface area contributed by atoms with E-state index in [2.05, 4.69) is 20.6 Å². The van der Waals surface area contributed by atoms with E-state index >= 15 is 0 Å². The zero-order valence-electron chi connectivity index (χ0n) is 15.7. The van der Waals surface area contributed by atoms with Crippen LogP contribution in [0.3, 0.4) is 0 Å². The second kappa shape index (κ2) is 8.55. The predicted octanol–water partition coefficient (Wildman–Crippen LogP) is 4.92. The lowest BCUT2D eigenvalue weighted by molar-refractivity contribution is 0.102. The lowest BCUT2D eigenvalue weighted by atomic mass is 10.1. The number of aromatic nitrogens is 4. The van der Waals surface area contributed by atoms with Crippen LogP contribution in [-0.4, -0.2) is 25.9 Å². The summed E-state index contributed by atoms with van der Waals surface area (Å²) in [5, 5.41) is 17.6. The van der Waals surface area contributed by atoms with Crippen LogP contribution < -0.4 is 5.32 Å². The zero-order valence-corrected chi connectivity index (χ0v) is 17.2. The number of amides is 1. The molecule has 8 heteroatoms. The molecular weight excluding hydrogens is 406 g/mol. The normalized spacial score (nSPS) is 10.8. The van der Waals surface area contributed by atoms with Crippen LogP contribution in [0.4, 0.5) is 5.13 Å². The Kier molecular flexibility index (Phi) is 5.69. The quantitative estimate of drug-likeness (QED) is 0.477. The van der Waals surface area contributed by atoms with E-state index in [1.54, 1.807) is 23.0 Å². The Balaban J connectivity index is 1.67. The van der Waals surface area contributed by atoms with Crippen molar-refractivity contribution >= 4 is 34.0 Å². The van der Waals surface area contributed by atoms with Gasteiger partial charge in [-0.2, -0.15) is 5.10 Å². The third-order valence-electron chi connectivity index (χ3n) is 4.30. The monoisotopic (exact) mass is 423 g/mol. The molecule has 0 saturated carbocycles. The molecule has 0 aliphatic heterocycles. The maximum Gasteiger partial charge on any atom is 0.261 e. The van der Waals surface area contributed by atoms with Crippen LogP contribution in [0.25, 0.3) is 11.3 Å². The molecule has 0 bridgehead atoms. The number of carbonyl (C=O) groups is 1. The Bertz CT molecular complexity index is 1120. The van der Waals surface area contributed by atoms with Crippen molar-refractivity contribution in [3.05, 3.63) is 82.0 Å². The minimum Gasteiger partial charge on any atom is -0.296 e. The number of hydrogen-bond acceptors (Lipinski definition) is 5. The van der Waals surface area contributed by atoms with Crippen LogP contribution >= 0.6 is 22.9 Å². The van der Waals surface area contributed by atoms with Gasteiger partial charge in [-0.1, -0.05) is 72.3 Å². The average molecular weight is 424 g/mol. The first-order valence-corrected chi connectivity index (χ1v) is 10.3. The molecule has 0 aliphatic rings. The molecule has 0 saturated heterocycles. The Morgan fingerprint density at radius 3 is 2.55 bits per heavy atom. The van der Waals surface area contributed by atoms with Crippen LogP contribution in [0.2, 0.25) is 5.02 Å². The molecule has 2 aromatic heterocycles. The number of nitrogens with one attached hydrogen (secondary N) is 1. The summed E-state index contributed by atoms with van der Waals surface area (Å²) < 4.78 is 1.77. The van der Waals surface area contributed by atoms with Crippen LogP contribution in [0, 0.1) is 0 Å². The Hall–Kier alpha value is -3.03. The van der Waals surface area contributed by atoms with Gasteiger partial charge in [0.15, 0.2) is 0 Å². The van der Waals surface area contributed by atoms with E-state index in [1.807, 2.05) is 49.4 Å². The third kappa shape index (κ3) is 4.52. The molecule has 0 aliphatic carbocycles. The minimum absolute atomic E-state index is 0.270. The summed E-state index contributed by atoms with van der Waals surface area (Å²) in [5.74, 6) is -0.270. The lowest BCUT2D eigenvalue weighted by Gasteiger charge is -2.02. The molecule has 29 heavy (non-hydrogen) atoms. The van der Waals surface area contributed by atoms with Gasteiger partial charge in [0.1, 0.15) is 10.7 Å². The van der Waals surface area contributed by atoms with Crippen molar-refractivity contribution in [1.29, 1.82) is 0 Å². The number of nitrogens with zero attached hydrogens (tertiary/aromatic N) is 4. The number of rotatable bonds is 6. The van der Waals surface area contributed by atoms with Crippen LogP contribution in [0.1, 0.15) is 27.9 Å². The highest BCUT2D eigenvalue weighted by molar-refractivity contribution is 7.15. The fourth-order valence-electron chi connectivity index (χ4n) is 2.87. The van der Waals surface area contributed by atoms with Gasteiger partial charge in [0.25, 0.3) is 5.91 Å². The highest BCUT2D eigenvalue weighted by atomic mass is 35.5. The molecule has 0 fully saturated rings. The van der Waals surface area contributed by atoms with Crippen molar-refractivity contribution < 1.29 is 4.79 Å². The van der Waals surface area contributed by atoms with E-state index in [4.69, 9.17) is 11.6 Å². The topological polar surface area (TPSA) is 72.7 Å². The van der Waals surface area contributed by atoms with Gasteiger partial charge in [0.05, 0.1) is 12.1 Å². The van der Waals surface area contributed by atoms with Crippen molar-refractivity contribution in [2.45, 2.75) is 19.9 Å². The molecule has 0 unspecified atom stereocenters. The highest BCUT2D eigenvalue weighted by Crippen LogP contribution is 2.26. The largest absolute Gasteiger partial charge is 0.296 e. The summed E-state index contributed by atoms with van der Waals surface area (Å²) in [5.41, 5.74) is 2.98. The second-order valence-corrected chi connectivity index (χ2v) is 7.89. The molecule has 1 N–H and O–H groups in total. The van der Waals surface area contributed by atoms with Gasteiger partial charge >= 0.3 is 0 Å². The summed E-state index contributed by atoms with van der Waals surface area (Å²) in [6.07, 6.45) is 2.53. The Labute approximate surface area is 177 Å². The number of aryl methyl sites for hydroxylation is 1. The fraction of sp³-hybridized carbons (Fsp3) is 0.143. The molecule has 4 rings (SSSR count). The van der Waals surface area contributed by atoms with Gasteiger partial charge in [-0.05, 0) is 24.1 Å². The summed E-state index contributed by atoms with van der Waals surface area (Å²) in [6, 6.07) is 17.3. The molecule has 1 amide bonds. The molecule has 0 radical (unpaired) electrons. The Morgan fingerprint density at radius 2 is 1.86 bits per heavy atom. The number of halogens is 1. The number of anilines is 1. The molecular formula is C21H18ClN5OS. The van der Waals surface area contributed by atoms with E-state index < -0.39 is 0 Å². The number of hydrogen-bond donors (Lipinski definition) is 1. The van der Waals surface area contributed by atoms with Gasteiger partial charge in [-0.25, -0.2) is 0 Å². The van der Waals surface area contributed by atoms with E-state index in [9.17, 15) is 4.79 Å². The lowest BCUT2D eigenvalue weighted by Crippen LogP contribution is -2.12. The SMILES string of the molecule is CCc1nnc(NC(=O)c2cn(Cc3ccccc3)nc2-c2ccc(Cl)cc2)s1. The molecule has 2 aromatic carbocycles. The van der Waals surface area contributed by atoms with Crippen molar-refractivity contribution in [2.75, 3.05) is 5.32 Å². The van der Waals surface area contributed by atoms with E-state index in [0.717, 1.165) is 22.6 Å². The first kappa shape index (κ1) is 19.3. The molecule has 6 nitrogen and oxygen atoms in total. The first-order chi connectivity index (χ1) is 14.1. The summed E-state index contributed by atoms with van der Waals surface area (Å²) >= 11 is 7.39. The first-order valence-electron chi connectivity index (χ1n) is 9.13.